The Labute approximate surface area is 292 Å². The average molecular weight is 709 g/mol. The van der Waals surface area contributed by atoms with Gasteiger partial charge in [0.1, 0.15) is 18.3 Å². The first kappa shape index (κ1) is 35.3. The number of amides is 2. The molecule has 252 valence electrons. The third-order valence-corrected chi connectivity index (χ3v) is 10.6. The van der Waals surface area contributed by atoms with Gasteiger partial charge in [-0.05, 0) is 91.6 Å². The second-order valence-electron chi connectivity index (χ2n) is 11.7. The van der Waals surface area contributed by atoms with Crippen molar-refractivity contribution in [2.75, 3.05) is 17.5 Å². The number of carbonyl (C=O) groups excluding carboxylic acids is 2. The van der Waals surface area contributed by atoms with Crippen LogP contribution in [0.25, 0.3) is 0 Å². The monoisotopic (exact) mass is 707 g/mol. The van der Waals surface area contributed by atoms with E-state index in [1.54, 1.807) is 42.5 Å². The number of hydrogen-bond donors (Lipinski definition) is 1. The molecule has 11 heteroatoms. The Morgan fingerprint density at radius 2 is 1.52 bits per heavy atom. The lowest BCUT2D eigenvalue weighted by molar-refractivity contribution is -0.140. The Balaban J connectivity index is 1.56. The molecule has 4 aromatic carbocycles. The second kappa shape index (κ2) is 16.4. The molecular weight excluding hydrogens is 669 g/mol. The van der Waals surface area contributed by atoms with E-state index in [2.05, 4.69) is 5.32 Å². The molecule has 0 heterocycles. The highest BCUT2D eigenvalue weighted by Gasteiger charge is 2.35. The fourth-order valence-corrected chi connectivity index (χ4v) is 7.64. The van der Waals surface area contributed by atoms with Gasteiger partial charge in [0.05, 0.1) is 17.2 Å². The fraction of sp³-hybridized carbons (Fsp3) is 0.297. The number of hydrogen-bond acceptors (Lipinski definition) is 5. The number of sulfonamides is 1. The zero-order valence-corrected chi connectivity index (χ0v) is 29.1. The Kier molecular flexibility index (Phi) is 12.0. The number of anilines is 1. The summed E-state index contributed by atoms with van der Waals surface area (Å²) in [5.74, 6) is -0.274. The third-order valence-electron chi connectivity index (χ3n) is 8.33. The number of halogens is 2. The predicted molar refractivity (Wildman–Crippen MR) is 190 cm³/mol. The summed E-state index contributed by atoms with van der Waals surface area (Å²) >= 11 is 12.4. The molecule has 1 atom stereocenters. The molecule has 1 unspecified atom stereocenters. The Hall–Kier alpha value is -4.05. The van der Waals surface area contributed by atoms with Gasteiger partial charge in [0, 0.05) is 29.1 Å². The van der Waals surface area contributed by atoms with Crippen molar-refractivity contribution < 1.29 is 22.7 Å². The maximum absolute atomic E-state index is 14.7. The quantitative estimate of drug-likeness (QED) is 0.149. The summed E-state index contributed by atoms with van der Waals surface area (Å²) in [6, 6.07) is 28.0. The number of carbonyl (C=O) groups is 2. The van der Waals surface area contributed by atoms with Crippen LogP contribution >= 0.6 is 23.2 Å². The SMILES string of the molecule is CCOc1ccc(N(CC(=O)N(Cc2cccc(Cl)c2)C(Cc2ccccc2)C(=O)NC2CCCC2)S(=O)(=O)c2ccc(Cl)cc2)cc1. The van der Waals surface area contributed by atoms with Gasteiger partial charge in [-0.1, -0.05) is 78.5 Å². The molecule has 0 bridgehead atoms. The largest absolute Gasteiger partial charge is 0.494 e. The van der Waals surface area contributed by atoms with Crippen LogP contribution < -0.4 is 14.4 Å². The summed E-state index contributed by atoms with van der Waals surface area (Å²) in [5, 5.41) is 4.04. The minimum absolute atomic E-state index is 0.0181. The summed E-state index contributed by atoms with van der Waals surface area (Å²) in [6.45, 7) is 1.76. The molecule has 0 aliphatic heterocycles. The van der Waals surface area contributed by atoms with Crippen molar-refractivity contribution in [2.24, 2.45) is 0 Å². The average Bonchev–Trinajstić information content (AvgIpc) is 3.59. The molecule has 1 fully saturated rings. The molecule has 1 N–H and O–H groups in total. The molecular formula is C37H39Cl2N3O5S. The minimum Gasteiger partial charge on any atom is -0.494 e. The van der Waals surface area contributed by atoms with E-state index in [-0.39, 0.29) is 35.5 Å². The second-order valence-corrected chi connectivity index (χ2v) is 14.5. The molecule has 2 amide bonds. The van der Waals surface area contributed by atoms with Crippen LogP contribution in [0, 0.1) is 0 Å². The summed E-state index contributed by atoms with van der Waals surface area (Å²) in [7, 11) is -4.26. The maximum Gasteiger partial charge on any atom is 0.264 e. The van der Waals surface area contributed by atoms with Gasteiger partial charge in [-0.25, -0.2) is 8.42 Å². The number of benzene rings is 4. The van der Waals surface area contributed by atoms with E-state index in [1.807, 2.05) is 43.3 Å². The van der Waals surface area contributed by atoms with E-state index in [1.165, 1.54) is 29.2 Å². The summed E-state index contributed by atoms with van der Waals surface area (Å²) < 4.78 is 35.1. The first-order chi connectivity index (χ1) is 23.1. The zero-order valence-electron chi connectivity index (χ0n) is 26.7. The molecule has 4 aromatic rings. The van der Waals surface area contributed by atoms with Crippen LogP contribution in [0.5, 0.6) is 5.75 Å². The van der Waals surface area contributed by atoms with Gasteiger partial charge in [-0.3, -0.25) is 13.9 Å². The molecule has 1 saturated carbocycles. The van der Waals surface area contributed by atoms with Crippen LogP contribution in [0.4, 0.5) is 5.69 Å². The van der Waals surface area contributed by atoms with E-state index in [0.717, 1.165) is 35.6 Å². The molecule has 0 saturated heterocycles. The standard InChI is InChI=1S/C37H39Cl2N3O5S/c1-2-47-33-19-17-32(18-20-33)42(48(45,46)34-21-15-29(38)16-22-34)26-36(43)41(25-28-11-8-12-30(39)23-28)35(24-27-9-4-3-5-10-27)37(44)40-31-13-6-7-14-31/h3-5,8-12,15-23,31,35H,2,6-7,13-14,24-26H2,1H3,(H,40,44). The van der Waals surface area contributed by atoms with Crippen molar-refractivity contribution in [1.82, 2.24) is 10.2 Å². The molecule has 1 aliphatic carbocycles. The van der Waals surface area contributed by atoms with Crippen molar-refractivity contribution in [3.8, 4) is 5.75 Å². The molecule has 48 heavy (non-hydrogen) atoms. The van der Waals surface area contributed by atoms with E-state index in [0.29, 0.717) is 28.0 Å². The molecule has 0 spiro atoms. The normalized spacial score (nSPS) is 13.9. The van der Waals surface area contributed by atoms with Gasteiger partial charge >= 0.3 is 0 Å². The maximum atomic E-state index is 14.7. The van der Waals surface area contributed by atoms with Crippen LogP contribution in [-0.2, 0) is 32.6 Å². The highest BCUT2D eigenvalue weighted by molar-refractivity contribution is 7.92. The topological polar surface area (TPSA) is 96.0 Å². The van der Waals surface area contributed by atoms with Crippen LogP contribution in [-0.4, -0.2) is 50.4 Å². The smallest absolute Gasteiger partial charge is 0.264 e. The Morgan fingerprint density at radius 1 is 0.854 bits per heavy atom. The van der Waals surface area contributed by atoms with Gasteiger partial charge in [0.25, 0.3) is 10.0 Å². The van der Waals surface area contributed by atoms with Crippen LogP contribution in [0.15, 0.2) is 108 Å². The molecule has 8 nitrogen and oxygen atoms in total. The Morgan fingerprint density at radius 3 is 2.17 bits per heavy atom. The number of rotatable bonds is 14. The van der Waals surface area contributed by atoms with Crippen molar-refractivity contribution in [2.45, 2.75) is 62.6 Å². The summed E-state index contributed by atoms with van der Waals surface area (Å²) in [5.41, 5.74) is 1.83. The van der Waals surface area contributed by atoms with E-state index in [9.17, 15) is 18.0 Å². The fourth-order valence-electron chi connectivity index (χ4n) is 5.89. The number of nitrogens with zero attached hydrogens (tertiary/aromatic N) is 2. The van der Waals surface area contributed by atoms with Gasteiger partial charge in [-0.15, -0.1) is 0 Å². The van der Waals surface area contributed by atoms with Crippen molar-refractivity contribution in [1.29, 1.82) is 0 Å². The first-order valence-electron chi connectivity index (χ1n) is 16.0. The summed E-state index contributed by atoms with van der Waals surface area (Å²) in [6.07, 6.45) is 4.03. The van der Waals surface area contributed by atoms with Crippen LogP contribution in [0.2, 0.25) is 10.0 Å². The van der Waals surface area contributed by atoms with Crippen LogP contribution in [0.1, 0.15) is 43.7 Å². The molecule has 0 radical (unpaired) electrons. The van der Waals surface area contributed by atoms with Gasteiger partial charge in [0.2, 0.25) is 11.8 Å². The molecule has 1 aliphatic rings. The van der Waals surface area contributed by atoms with Crippen molar-refractivity contribution in [3.05, 3.63) is 124 Å². The third kappa shape index (κ3) is 9.09. The van der Waals surface area contributed by atoms with Crippen LogP contribution in [0.3, 0.4) is 0 Å². The minimum atomic E-state index is -4.26. The van der Waals surface area contributed by atoms with Gasteiger partial charge < -0.3 is 15.0 Å². The number of nitrogens with one attached hydrogen (secondary N) is 1. The molecule has 5 rings (SSSR count). The lowest BCUT2D eigenvalue weighted by Gasteiger charge is -2.34. The van der Waals surface area contributed by atoms with Gasteiger partial charge in [0.15, 0.2) is 0 Å². The Bertz CT molecular complexity index is 1780. The highest BCUT2D eigenvalue weighted by Crippen LogP contribution is 2.28. The van der Waals surface area contributed by atoms with E-state index < -0.39 is 28.5 Å². The van der Waals surface area contributed by atoms with E-state index >= 15 is 0 Å². The van der Waals surface area contributed by atoms with Crippen molar-refractivity contribution >= 4 is 50.7 Å². The highest BCUT2D eigenvalue weighted by atomic mass is 35.5. The first-order valence-corrected chi connectivity index (χ1v) is 18.2. The predicted octanol–water partition coefficient (Wildman–Crippen LogP) is 7.29. The number of ether oxygens (including phenoxy) is 1. The molecule has 0 aromatic heterocycles. The summed E-state index contributed by atoms with van der Waals surface area (Å²) in [4.78, 5) is 30.2. The van der Waals surface area contributed by atoms with Crippen molar-refractivity contribution in [3.63, 3.8) is 0 Å². The van der Waals surface area contributed by atoms with Gasteiger partial charge in [-0.2, -0.15) is 0 Å². The lowest BCUT2D eigenvalue weighted by atomic mass is 10.0. The van der Waals surface area contributed by atoms with E-state index in [4.69, 9.17) is 27.9 Å². The zero-order chi connectivity index (χ0) is 34.1. The lowest BCUT2D eigenvalue weighted by Crippen LogP contribution is -2.54.